The minimum atomic E-state index is -4.46. The number of benzene rings is 1. The van der Waals surface area contributed by atoms with E-state index in [1.165, 1.54) is 19.1 Å². The molecule has 1 aromatic heterocycles. The Morgan fingerprint density at radius 2 is 2.03 bits per heavy atom. The van der Waals surface area contributed by atoms with Gasteiger partial charge in [-0.15, -0.1) is 0 Å². The van der Waals surface area contributed by atoms with E-state index in [1.54, 1.807) is 0 Å². The summed E-state index contributed by atoms with van der Waals surface area (Å²) in [7, 11) is -3.63. The molecule has 3 fully saturated rings. The van der Waals surface area contributed by atoms with Gasteiger partial charge >= 0.3 is 6.18 Å². The van der Waals surface area contributed by atoms with E-state index in [1.807, 2.05) is 0 Å². The summed E-state index contributed by atoms with van der Waals surface area (Å²) in [6, 6.07) is 3.83. The number of rotatable bonds is 6. The normalized spacial score (nSPS) is 26.7. The van der Waals surface area contributed by atoms with Gasteiger partial charge in [-0.3, -0.25) is 0 Å². The van der Waals surface area contributed by atoms with Gasteiger partial charge in [0, 0.05) is 11.7 Å². The highest BCUT2D eigenvalue weighted by Crippen LogP contribution is 2.64. The van der Waals surface area contributed by atoms with Crippen LogP contribution < -0.4 is 0 Å². The maximum atomic E-state index is 13.6. The van der Waals surface area contributed by atoms with Gasteiger partial charge in [0.1, 0.15) is 17.7 Å². The standard InChI is InChI=1S/C19H19ClF4N2O4S/c1-10-16(31(2,27)28)26-15(25-10)14(11-3-4-13(21)12(20)5-11)29-8-17-6-18(7-17,30-9-17)19(22,23)24/h3-5,14H,6-9H2,1-2H3,(H,25,26). The SMILES string of the molecule is Cc1[nH]c(C(OCC23COC(C(F)(F)F)(C2)C3)c2ccc(F)c(Cl)c2)nc1S(C)(=O)=O. The number of nitrogens with zero attached hydrogens (tertiary/aromatic N) is 1. The lowest BCUT2D eigenvalue weighted by molar-refractivity contribution is -0.279. The van der Waals surface area contributed by atoms with Crippen LogP contribution in [0.1, 0.15) is 36.0 Å². The first-order valence-corrected chi connectivity index (χ1v) is 11.6. The maximum Gasteiger partial charge on any atom is 0.417 e. The fourth-order valence-electron chi connectivity index (χ4n) is 4.30. The minimum absolute atomic E-state index is 0.0849. The van der Waals surface area contributed by atoms with Crippen molar-refractivity contribution >= 4 is 21.4 Å². The molecule has 1 N–H and O–H groups in total. The van der Waals surface area contributed by atoms with Crippen LogP contribution in [0.3, 0.4) is 0 Å². The third-order valence-corrected chi connectivity index (χ3v) is 7.14. The molecule has 1 saturated carbocycles. The van der Waals surface area contributed by atoms with E-state index in [2.05, 4.69) is 9.97 Å². The Labute approximate surface area is 180 Å². The van der Waals surface area contributed by atoms with Gasteiger partial charge in [0.05, 0.1) is 23.9 Å². The first-order chi connectivity index (χ1) is 14.3. The van der Waals surface area contributed by atoms with Gasteiger partial charge in [-0.1, -0.05) is 17.7 Å². The van der Waals surface area contributed by atoms with Crippen LogP contribution in [0.4, 0.5) is 17.6 Å². The number of ether oxygens (including phenoxy) is 2. The van der Waals surface area contributed by atoms with Crippen LogP contribution in [-0.4, -0.2) is 49.6 Å². The number of alkyl halides is 3. The summed E-state index contributed by atoms with van der Waals surface area (Å²) in [5, 5.41) is -0.355. The summed E-state index contributed by atoms with van der Waals surface area (Å²) in [5.74, 6) is -0.536. The number of sulfone groups is 1. The van der Waals surface area contributed by atoms with Crippen molar-refractivity contribution < 1.29 is 35.5 Å². The van der Waals surface area contributed by atoms with E-state index in [0.717, 1.165) is 12.3 Å². The van der Waals surface area contributed by atoms with E-state index in [-0.39, 0.29) is 47.6 Å². The molecule has 3 heterocycles. The second kappa shape index (κ2) is 7.16. The third kappa shape index (κ3) is 3.85. The van der Waals surface area contributed by atoms with Crippen LogP contribution in [0.15, 0.2) is 23.2 Å². The molecule has 0 spiro atoms. The Hall–Kier alpha value is -1.69. The summed E-state index contributed by atoms with van der Waals surface area (Å²) in [4.78, 5) is 6.98. The van der Waals surface area contributed by atoms with E-state index >= 15 is 0 Å². The molecule has 1 aromatic carbocycles. The molecule has 1 aliphatic carbocycles. The fourth-order valence-corrected chi connectivity index (χ4v) is 5.36. The number of nitrogens with one attached hydrogen (secondary N) is 1. The second-order valence-corrected chi connectivity index (χ2v) is 10.7. The van der Waals surface area contributed by atoms with Gasteiger partial charge in [-0.05, 0) is 37.5 Å². The van der Waals surface area contributed by atoms with Crippen molar-refractivity contribution in [1.29, 1.82) is 0 Å². The lowest BCUT2D eigenvalue weighted by Gasteiger charge is -2.45. The molecule has 1 atom stereocenters. The molecule has 2 aromatic rings. The topological polar surface area (TPSA) is 81.3 Å². The van der Waals surface area contributed by atoms with Crippen molar-refractivity contribution in [2.24, 2.45) is 5.41 Å². The van der Waals surface area contributed by atoms with Crippen molar-refractivity contribution in [2.75, 3.05) is 19.5 Å². The zero-order valence-electron chi connectivity index (χ0n) is 16.5. The van der Waals surface area contributed by atoms with Gasteiger partial charge in [0.25, 0.3) is 0 Å². The largest absolute Gasteiger partial charge is 0.417 e. The first kappa shape index (κ1) is 22.5. The summed E-state index contributed by atoms with van der Waals surface area (Å²) >= 11 is 5.88. The number of aromatic amines is 1. The van der Waals surface area contributed by atoms with Crippen molar-refractivity contribution in [3.05, 3.63) is 46.1 Å². The zero-order valence-corrected chi connectivity index (χ0v) is 18.1. The highest BCUT2D eigenvalue weighted by molar-refractivity contribution is 7.90. The second-order valence-electron chi connectivity index (χ2n) is 8.32. The fraction of sp³-hybridized carbons (Fsp3) is 0.526. The average Bonchev–Trinajstić information content (AvgIpc) is 3.29. The molecule has 5 rings (SSSR count). The predicted octanol–water partition coefficient (Wildman–Crippen LogP) is 4.13. The lowest BCUT2D eigenvalue weighted by atomic mass is 9.62. The molecule has 31 heavy (non-hydrogen) atoms. The Morgan fingerprint density at radius 3 is 2.55 bits per heavy atom. The van der Waals surface area contributed by atoms with Crippen LogP contribution >= 0.6 is 11.6 Å². The number of aromatic nitrogens is 2. The highest BCUT2D eigenvalue weighted by Gasteiger charge is 2.74. The quantitative estimate of drug-likeness (QED) is 0.626. The molecule has 1 unspecified atom stereocenters. The van der Waals surface area contributed by atoms with Crippen molar-refractivity contribution in [3.8, 4) is 0 Å². The molecule has 0 radical (unpaired) electrons. The average molecular weight is 483 g/mol. The summed E-state index contributed by atoms with van der Waals surface area (Å²) in [6.45, 7) is 1.34. The van der Waals surface area contributed by atoms with Gasteiger partial charge in [0.2, 0.25) is 0 Å². The Balaban J connectivity index is 1.63. The number of hydrogen-bond acceptors (Lipinski definition) is 5. The van der Waals surface area contributed by atoms with Crippen molar-refractivity contribution in [3.63, 3.8) is 0 Å². The molecule has 2 aliphatic heterocycles. The monoisotopic (exact) mass is 482 g/mol. The molecule has 2 saturated heterocycles. The molecule has 2 bridgehead atoms. The molecule has 170 valence electrons. The number of fused-ring (bicyclic) bond motifs is 1. The van der Waals surface area contributed by atoms with E-state index in [4.69, 9.17) is 21.1 Å². The number of halogens is 5. The molecule has 12 heteroatoms. The van der Waals surface area contributed by atoms with Crippen LogP contribution in [0, 0.1) is 18.2 Å². The van der Waals surface area contributed by atoms with E-state index < -0.39 is 39.0 Å². The summed E-state index contributed by atoms with van der Waals surface area (Å²) in [6.07, 6.45) is -4.88. The van der Waals surface area contributed by atoms with Gasteiger partial charge in [-0.2, -0.15) is 13.2 Å². The van der Waals surface area contributed by atoms with Crippen LogP contribution in [0.25, 0.3) is 0 Å². The highest BCUT2D eigenvalue weighted by atomic mass is 35.5. The third-order valence-electron chi connectivity index (χ3n) is 5.75. The smallest absolute Gasteiger partial charge is 0.365 e. The number of H-pyrrole nitrogens is 1. The molecular formula is C19H19ClF4N2O4S. The predicted molar refractivity (Wildman–Crippen MR) is 102 cm³/mol. The van der Waals surface area contributed by atoms with Crippen molar-refractivity contribution in [2.45, 2.75) is 42.7 Å². The van der Waals surface area contributed by atoms with Crippen LogP contribution in [-0.2, 0) is 19.3 Å². The summed E-state index contributed by atoms with van der Waals surface area (Å²) in [5.41, 5.74) is -2.28. The Morgan fingerprint density at radius 1 is 1.35 bits per heavy atom. The first-order valence-electron chi connectivity index (χ1n) is 9.29. The Kier molecular flexibility index (Phi) is 5.20. The number of hydrogen-bond donors (Lipinski definition) is 1. The lowest BCUT2D eigenvalue weighted by Crippen LogP contribution is -2.55. The zero-order chi connectivity index (χ0) is 22.8. The molecule has 6 nitrogen and oxygen atoms in total. The maximum absolute atomic E-state index is 13.6. The van der Waals surface area contributed by atoms with Crippen LogP contribution in [0.5, 0.6) is 0 Å². The van der Waals surface area contributed by atoms with E-state index in [0.29, 0.717) is 5.56 Å². The molecule has 0 amide bonds. The minimum Gasteiger partial charge on any atom is -0.365 e. The van der Waals surface area contributed by atoms with Crippen LogP contribution in [0.2, 0.25) is 5.02 Å². The van der Waals surface area contributed by atoms with Gasteiger partial charge < -0.3 is 14.5 Å². The van der Waals surface area contributed by atoms with Gasteiger partial charge in [0.15, 0.2) is 20.5 Å². The molecule has 3 aliphatic rings. The number of imidazole rings is 1. The molecular weight excluding hydrogens is 464 g/mol. The number of aryl methyl sites for hydroxylation is 1. The Bertz CT molecular complexity index is 1130. The van der Waals surface area contributed by atoms with Gasteiger partial charge in [-0.25, -0.2) is 17.8 Å². The van der Waals surface area contributed by atoms with Crippen molar-refractivity contribution in [1.82, 2.24) is 9.97 Å². The van der Waals surface area contributed by atoms with E-state index in [9.17, 15) is 26.0 Å². The summed E-state index contributed by atoms with van der Waals surface area (Å²) < 4.78 is 88.3.